The van der Waals surface area contributed by atoms with Gasteiger partial charge in [0.25, 0.3) is 0 Å². The highest BCUT2D eigenvalue weighted by Gasteiger charge is 2.49. The van der Waals surface area contributed by atoms with Crippen molar-refractivity contribution in [2.75, 3.05) is 26.2 Å². The fourth-order valence-corrected chi connectivity index (χ4v) is 3.54. The molecule has 80 valence electrons. The molecule has 0 aliphatic carbocycles. The van der Waals surface area contributed by atoms with E-state index in [1.165, 1.54) is 25.9 Å². The molecule has 0 aromatic heterocycles. The maximum Gasteiger partial charge on any atom is 0.0852 e. The van der Waals surface area contributed by atoms with Crippen molar-refractivity contribution in [3.63, 3.8) is 0 Å². The zero-order valence-corrected chi connectivity index (χ0v) is 8.74. The maximum absolute atomic E-state index is 6.09. The molecule has 0 aromatic carbocycles. The van der Waals surface area contributed by atoms with E-state index in [9.17, 15) is 0 Å². The maximum atomic E-state index is 6.09. The van der Waals surface area contributed by atoms with E-state index in [4.69, 9.17) is 10.5 Å². The molecule has 2 N–H and O–H groups in total. The Bertz CT molecular complexity index is 221. The monoisotopic (exact) mass is 196 g/mol. The van der Waals surface area contributed by atoms with Gasteiger partial charge in [0.1, 0.15) is 0 Å². The molecule has 4 rings (SSSR count). The zero-order chi connectivity index (χ0) is 9.60. The van der Waals surface area contributed by atoms with Gasteiger partial charge < -0.3 is 15.4 Å². The van der Waals surface area contributed by atoms with Gasteiger partial charge in [-0.25, -0.2) is 0 Å². The lowest BCUT2D eigenvalue weighted by Gasteiger charge is -2.55. The summed E-state index contributed by atoms with van der Waals surface area (Å²) in [6.07, 6.45) is 4.79. The minimum Gasteiger partial charge on any atom is -0.373 e. The van der Waals surface area contributed by atoms with Crippen molar-refractivity contribution in [2.24, 2.45) is 11.7 Å². The molecule has 4 fully saturated rings. The van der Waals surface area contributed by atoms with Gasteiger partial charge in [0.05, 0.1) is 5.60 Å². The number of piperidine rings is 3. The number of nitrogens with zero attached hydrogens (tertiary/aromatic N) is 1. The molecule has 4 saturated heterocycles. The van der Waals surface area contributed by atoms with Crippen LogP contribution in [0.2, 0.25) is 0 Å². The van der Waals surface area contributed by atoms with Gasteiger partial charge >= 0.3 is 0 Å². The lowest BCUT2D eigenvalue weighted by atomic mass is 9.71. The summed E-state index contributed by atoms with van der Waals surface area (Å²) in [5, 5.41) is 0. The first-order valence-corrected chi connectivity index (χ1v) is 5.90. The summed E-state index contributed by atoms with van der Waals surface area (Å²) >= 11 is 0. The highest BCUT2D eigenvalue weighted by molar-refractivity contribution is 5.02. The van der Waals surface area contributed by atoms with Gasteiger partial charge in [-0.1, -0.05) is 0 Å². The van der Waals surface area contributed by atoms with Crippen molar-refractivity contribution in [3.05, 3.63) is 0 Å². The summed E-state index contributed by atoms with van der Waals surface area (Å²) in [7, 11) is 0. The summed E-state index contributed by atoms with van der Waals surface area (Å²) in [6, 6.07) is 0.379. The van der Waals surface area contributed by atoms with Crippen LogP contribution in [0.3, 0.4) is 0 Å². The lowest BCUT2D eigenvalue weighted by molar-refractivity contribution is -0.177. The summed E-state index contributed by atoms with van der Waals surface area (Å²) in [4.78, 5) is 2.55. The first-order chi connectivity index (χ1) is 6.78. The SMILES string of the molecule is N[C@@H]1CCO[C@]2(C1)CN1CCC2CC1. The number of fused-ring (bicyclic) bond motifs is 2. The van der Waals surface area contributed by atoms with Crippen molar-refractivity contribution in [3.8, 4) is 0 Å². The van der Waals surface area contributed by atoms with Crippen molar-refractivity contribution < 1.29 is 4.74 Å². The molecular weight excluding hydrogens is 176 g/mol. The second kappa shape index (κ2) is 3.19. The van der Waals surface area contributed by atoms with Crippen LogP contribution in [-0.2, 0) is 4.74 Å². The van der Waals surface area contributed by atoms with Gasteiger partial charge in [-0.05, 0) is 44.7 Å². The first kappa shape index (κ1) is 9.13. The van der Waals surface area contributed by atoms with E-state index in [2.05, 4.69) is 4.90 Å². The molecule has 1 spiro atoms. The van der Waals surface area contributed by atoms with Gasteiger partial charge in [-0.15, -0.1) is 0 Å². The lowest BCUT2D eigenvalue weighted by Crippen LogP contribution is -2.63. The minimum absolute atomic E-state index is 0.147. The Morgan fingerprint density at radius 3 is 2.57 bits per heavy atom. The van der Waals surface area contributed by atoms with Crippen LogP contribution in [-0.4, -0.2) is 42.8 Å². The molecule has 2 atom stereocenters. The molecule has 0 amide bonds. The molecule has 0 aromatic rings. The number of nitrogens with two attached hydrogens (primary N) is 1. The second-order valence-electron chi connectivity index (χ2n) is 5.22. The standard InChI is InChI=1S/C11H20N2O/c12-10-3-6-14-11(7-10)8-13-4-1-9(11)2-5-13/h9-10H,1-8,12H2/t10-,11-/m1/s1. The molecule has 0 unspecified atom stereocenters. The third-order valence-electron chi connectivity index (χ3n) is 4.31. The van der Waals surface area contributed by atoms with Crippen LogP contribution in [0.4, 0.5) is 0 Å². The molecule has 3 nitrogen and oxygen atoms in total. The molecule has 4 heterocycles. The van der Waals surface area contributed by atoms with Crippen LogP contribution in [0.1, 0.15) is 25.7 Å². The van der Waals surface area contributed by atoms with E-state index >= 15 is 0 Å². The van der Waals surface area contributed by atoms with Crippen LogP contribution in [0.5, 0.6) is 0 Å². The van der Waals surface area contributed by atoms with Crippen LogP contribution < -0.4 is 5.73 Å². The van der Waals surface area contributed by atoms with Gasteiger partial charge in [0, 0.05) is 19.2 Å². The molecule has 4 aliphatic rings. The van der Waals surface area contributed by atoms with E-state index < -0.39 is 0 Å². The molecule has 0 radical (unpaired) electrons. The third kappa shape index (κ3) is 1.30. The third-order valence-corrected chi connectivity index (χ3v) is 4.31. The predicted molar refractivity (Wildman–Crippen MR) is 55.1 cm³/mol. The molecule has 2 bridgehead atoms. The quantitative estimate of drug-likeness (QED) is 0.616. The van der Waals surface area contributed by atoms with Crippen molar-refractivity contribution in [1.29, 1.82) is 0 Å². The van der Waals surface area contributed by atoms with Crippen molar-refractivity contribution in [1.82, 2.24) is 4.90 Å². The Balaban J connectivity index is 1.81. The Morgan fingerprint density at radius 2 is 2.00 bits per heavy atom. The molecule has 0 saturated carbocycles. The van der Waals surface area contributed by atoms with Crippen LogP contribution in [0, 0.1) is 5.92 Å². The minimum atomic E-state index is 0.147. The smallest absolute Gasteiger partial charge is 0.0852 e. The summed E-state index contributed by atoms with van der Waals surface area (Å²) in [6.45, 7) is 4.59. The topological polar surface area (TPSA) is 38.5 Å². The number of hydrogen-bond acceptors (Lipinski definition) is 3. The van der Waals surface area contributed by atoms with Gasteiger partial charge in [0.15, 0.2) is 0 Å². The summed E-state index contributed by atoms with van der Waals surface area (Å²) in [5.74, 6) is 0.791. The second-order valence-corrected chi connectivity index (χ2v) is 5.22. The Hall–Kier alpha value is -0.120. The van der Waals surface area contributed by atoms with Gasteiger partial charge in [0.2, 0.25) is 0 Å². The number of hydrogen-bond donors (Lipinski definition) is 1. The van der Waals surface area contributed by atoms with Crippen LogP contribution in [0.15, 0.2) is 0 Å². The van der Waals surface area contributed by atoms with E-state index in [1.54, 1.807) is 0 Å². The predicted octanol–water partition coefficient (Wildman–Crippen LogP) is 0.588. The Morgan fingerprint density at radius 1 is 1.21 bits per heavy atom. The van der Waals surface area contributed by atoms with Crippen molar-refractivity contribution in [2.45, 2.75) is 37.3 Å². The highest BCUT2D eigenvalue weighted by atomic mass is 16.5. The van der Waals surface area contributed by atoms with Gasteiger partial charge in [-0.3, -0.25) is 0 Å². The zero-order valence-electron chi connectivity index (χ0n) is 8.74. The summed E-state index contributed by atoms with van der Waals surface area (Å²) in [5.41, 5.74) is 6.22. The Labute approximate surface area is 85.6 Å². The summed E-state index contributed by atoms with van der Waals surface area (Å²) < 4.78 is 6.09. The average Bonchev–Trinajstić information content (AvgIpc) is 2.18. The number of rotatable bonds is 0. The molecule has 4 aliphatic heterocycles. The first-order valence-electron chi connectivity index (χ1n) is 5.90. The van der Waals surface area contributed by atoms with Crippen LogP contribution in [0.25, 0.3) is 0 Å². The average molecular weight is 196 g/mol. The number of ether oxygens (including phenoxy) is 1. The van der Waals surface area contributed by atoms with Crippen LogP contribution >= 0.6 is 0 Å². The molecule has 3 heteroatoms. The fourth-order valence-electron chi connectivity index (χ4n) is 3.54. The van der Waals surface area contributed by atoms with E-state index in [1.807, 2.05) is 0 Å². The molecule has 14 heavy (non-hydrogen) atoms. The van der Waals surface area contributed by atoms with Gasteiger partial charge in [-0.2, -0.15) is 0 Å². The normalized spacial score (nSPS) is 52.5. The van der Waals surface area contributed by atoms with E-state index in [0.717, 1.165) is 31.9 Å². The molecular formula is C11H20N2O. The Kier molecular flexibility index (Phi) is 2.08. The highest BCUT2D eigenvalue weighted by Crippen LogP contribution is 2.42. The van der Waals surface area contributed by atoms with E-state index in [0.29, 0.717) is 6.04 Å². The van der Waals surface area contributed by atoms with E-state index in [-0.39, 0.29) is 5.60 Å². The fraction of sp³-hybridized carbons (Fsp3) is 1.00. The largest absolute Gasteiger partial charge is 0.373 e. The van der Waals surface area contributed by atoms with Crippen molar-refractivity contribution >= 4 is 0 Å².